The molecule has 1 aliphatic carbocycles. The number of anilines is 2. The first-order chi connectivity index (χ1) is 19.1. The lowest BCUT2D eigenvalue weighted by molar-refractivity contribution is -0.124. The molecule has 0 bridgehead atoms. The van der Waals surface area contributed by atoms with Crippen LogP contribution in [0.25, 0.3) is 0 Å². The Hall–Kier alpha value is -3.53. The number of carbonyl (C=O) groups is 2. The van der Waals surface area contributed by atoms with E-state index in [-0.39, 0.29) is 28.5 Å². The number of carbonyl (C=O) groups excluding carboxylic acids is 2. The highest BCUT2D eigenvalue weighted by Gasteiger charge is 2.58. The normalized spacial score (nSPS) is 21.6. The second-order valence-corrected chi connectivity index (χ2v) is 11.7. The minimum absolute atomic E-state index is 0.136. The van der Waals surface area contributed by atoms with Gasteiger partial charge in [0.25, 0.3) is 12.3 Å². The van der Waals surface area contributed by atoms with Crippen LogP contribution in [0.4, 0.5) is 20.3 Å². The number of benzene rings is 1. The molecule has 1 saturated carbocycles. The summed E-state index contributed by atoms with van der Waals surface area (Å²) in [4.78, 5) is 34.5. The van der Waals surface area contributed by atoms with E-state index in [1.807, 2.05) is 24.2 Å². The highest BCUT2D eigenvalue weighted by atomic mass is 35.5. The number of rotatable bonds is 6. The van der Waals surface area contributed by atoms with Crippen molar-refractivity contribution in [2.24, 2.45) is 13.0 Å². The summed E-state index contributed by atoms with van der Waals surface area (Å²) >= 11 is 5.91. The number of aryl methyl sites for hydroxylation is 2. The van der Waals surface area contributed by atoms with Crippen molar-refractivity contribution in [1.82, 2.24) is 20.1 Å². The van der Waals surface area contributed by atoms with Crippen LogP contribution in [0.5, 0.6) is 0 Å². The van der Waals surface area contributed by atoms with Gasteiger partial charge in [0.2, 0.25) is 5.91 Å². The highest BCUT2D eigenvalue weighted by molar-refractivity contribution is 6.30. The van der Waals surface area contributed by atoms with Crippen molar-refractivity contribution in [3.05, 3.63) is 70.1 Å². The van der Waals surface area contributed by atoms with Gasteiger partial charge in [-0.05, 0) is 56.2 Å². The van der Waals surface area contributed by atoms with Gasteiger partial charge in [-0.1, -0.05) is 29.3 Å². The maximum absolute atomic E-state index is 14.0. The van der Waals surface area contributed by atoms with Crippen LogP contribution >= 0.6 is 11.6 Å². The number of amides is 2. The SMILES string of the molecule is Cc1ccc2c(c1)C1(CN(c3ccn(C)n3)C1)C(=O)N2CC1CCC(NC(=O)c2cc(Cl)cnc2C(F)F)CC1. The van der Waals surface area contributed by atoms with E-state index in [9.17, 15) is 18.4 Å². The fourth-order valence-electron chi connectivity index (χ4n) is 6.39. The first-order valence-corrected chi connectivity index (χ1v) is 13.9. The molecule has 1 aromatic carbocycles. The molecule has 1 spiro atoms. The fourth-order valence-corrected chi connectivity index (χ4v) is 6.55. The molecule has 0 atom stereocenters. The summed E-state index contributed by atoms with van der Waals surface area (Å²) in [7, 11) is 1.88. The first kappa shape index (κ1) is 26.7. The van der Waals surface area contributed by atoms with E-state index in [0.29, 0.717) is 32.5 Å². The molecule has 2 aliphatic heterocycles. The third-order valence-electron chi connectivity index (χ3n) is 8.52. The molecule has 1 N–H and O–H groups in total. The molecule has 3 aliphatic rings. The lowest BCUT2D eigenvalue weighted by atomic mass is 9.74. The van der Waals surface area contributed by atoms with Gasteiger partial charge in [-0.15, -0.1) is 0 Å². The molecule has 8 nitrogen and oxygen atoms in total. The molecule has 2 amide bonds. The Morgan fingerprint density at radius 2 is 1.93 bits per heavy atom. The van der Waals surface area contributed by atoms with Gasteiger partial charge >= 0.3 is 0 Å². The second kappa shape index (κ2) is 10.1. The molecule has 11 heteroatoms. The molecule has 3 aromatic rings. The molecule has 2 fully saturated rings. The summed E-state index contributed by atoms with van der Waals surface area (Å²) in [5.74, 6) is 0.710. The standard InChI is InChI=1S/C29H31ClF2N6O2/c1-17-3-8-23-22(11-17)29(15-37(16-29)24-9-10-36(2)35-24)28(40)38(23)14-18-4-6-20(7-5-18)34-27(39)21-12-19(30)13-33-25(21)26(31)32/h3,8-13,18,20,26H,4-7,14-16H2,1-2H3,(H,34,39). The third-order valence-corrected chi connectivity index (χ3v) is 8.72. The fraction of sp³-hybridized carbons (Fsp3) is 0.448. The van der Waals surface area contributed by atoms with Gasteiger partial charge in [0.15, 0.2) is 5.82 Å². The van der Waals surface area contributed by atoms with Crippen LogP contribution in [0.15, 0.2) is 42.7 Å². The van der Waals surface area contributed by atoms with Crippen LogP contribution in [0.3, 0.4) is 0 Å². The van der Waals surface area contributed by atoms with Crippen molar-refractivity contribution >= 4 is 34.9 Å². The van der Waals surface area contributed by atoms with Gasteiger partial charge in [-0.3, -0.25) is 19.3 Å². The molecule has 1 saturated heterocycles. The Labute approximate surface area is 236 Å². The number of hydrogen-bond donors (Lipinski definition) is 1. The molecule has 4 heterocycles. The van der Waals surface area contributed by atoms with E-state index in [0.717, 1.165) is 41.7 Å². The van der Waals surface area contributed by atoms with E-state index < -0.39 is 23.4 Å². The van der Waals surface area contributed by atoms with E-state index >= 15 is 0 Å². The Bertz CT molecular complexity index is 1460. The smallest absolute Gasteiger partial charge is 0.281 e. The molecule has 0 unspecified atom stereocenters. The van der Waals surface area contributed by atoms with E-state index in [1.54, 1.807) is 4.68 Å². The molecule has 40 heavy (non-hydrogen) atoms. The number of nitrogens with zero attached hydrogens (tertiary/aromatic N) is 5. The number of pyridine rings is 1. The second-order valence-electron chi connectivity index (χ2n) is 11.3. The molecular weight excluding hydrogens is 538 g/mol. The zero-order valence-electron chi connectivity index (χ0n) is 22.4. The molecular formula is C29H31ClF2N6O2. The number of fused-ring (bicyclic) bond motifs is 2. The van der Waals surface area contributed by atoms with E-state index in [2.05, 4.69) is 45.4 Å². The minimum Gasteiger partial charge on any atom is -0.352 e. The number of nitrogens with one attached hydrogen (secondary N) is 1. The average molecular weight is 569 g/mol. The summed E-state index contributed by atoms with van der Waals surface area (Å²) < 4.78 is 28.5. The van der Waals surface area contributed by atoms with Gasteiger partial charge in [-0.2, -0.15) is 5.10 Å². The summed E-state index contributed by atoms with van der Waals surface area (Å²) in [5.41, 5.74) is 1.89. The molecule has 0 radical (unpaired) electrons. The Morgan fingerprint density at radius 3 is 2.60 bits per heavy atom. The van der Waals surface area contributed by atoms with Gasteiger partial charge < -0.3 is 15.1 Å². The predicted octanol–water partition coefficient (Wildman–Crippen LogP) is 4.81. The lowest BCUT2D eigenvalue weighted by Gasteiger charge is -2.47. The predicted molar refractivity (Wildman–Crippen MR) is 148 cm³/mol. The zero-order chi connectivity index (χ0) is 28.2. The largest absolute Gasteiger partial charge is 0.352 e. The molecule has 2 aromatic heterocycles. The summed E-state index contributed by atoms with van der Waals surface area (Å²) in [6.45, 7) is 3.88. The Balaban J connectivity index is 1.11. The van der Waals surface area contributed by atoms with Crippen LogP contribution in [0, 0.1) is 12.8 Å². The van der Waals surface area contributed by atoms with Gasteiger partial charge in [0.05, 0.1) is 10.6 Å². The molecule has 210 valence electrons. The number of aromatic nitrogens is 3. The Morgan fingerprint density at radius 1 is 1.18 bits per heavy atom. The van der Waals surface area contributed by atoms with Crippen molar-refractivity contribution in [2.75, 3.05) is 29.4 Å². The Kier molecular flexibility index (Phi) is 6.76. The van der Waals surface area contributed by atoms with Crippen molar-refractivity contribution in [3.8, 4) is 0 Å². The monoisotopic (exact) mass is 568 g/mol. The highest BCUT2D eigenvalue weighted by Crippen LogP contribution is 2.49. The van der Waals surface area contributed by atoms with Crippen molar-refractivity contribution in [2.45, 2.75) is 50.5 Å². The van der Waals surface area contributed by atoms with Crippen molar-refractivity contribution < 1.29 is 18.4 Å². The topological polar surface area (TPSA) is 83.4 Å². The number of halogens is 3. The summed E-state index contributed by atoms with van der Waals surface area (Å²) in [6, 6.07) is 9.33. The summed E-state index contributed by atoms with van der Waals surface area (Å²) in [5, 5.41) is 7.53. The van der Waals surface area contributed by atoms with Gasteiger partial charge in [0, 0.05) is 56.9 Å². The van der Waals surface area contributed by atoms with Crippen molar-refractivity contribution in [3.63, 3.8) is 0 Å². The summed E-state index contributed by atoms with van der Waals surface area (Å²) in [6.07, 6.45) is 3.20. The maximum atomic E-state index is 14.0. The zero-order valence-corrected chi connectivity index (χ0v) is 23.2. The van der Waals surface area contributed by atoms with Gasteiger partial charge in [0.1, 0.15) is 11.1 Å². The van der Waals surface area contributed by atoms with E-state index in [4.69, 9.17) is 11.6 Å². The van der Waals surface area contributed by atoms with Crippen LogP contribution in [-0.2, 0) is 17.3 Å². The number of hydrogen-bond acceptors (Lipinski definition) is 5. The van der Waals surface area contributed by atoms with Crippen molar-refractivity contribution in [1.29, 1.82) is 0 Å². The van der Waals surface area contributed by atoms with Gasteiger partial charge in [-0.25, -0.2) is 8.78 Å². The maximum Gasteiger partial charge on any atom is 0.281 e. The molecule has 6 rings (SSSR count). The van der Waals surface area contributed by atoms with Crippen LogP contribution in [-0.4, -0.2) is 52.3 Å². The number of alkyl halides is 2. The van der Waals surface area contributed by atoms with Crippen LogP contribution in [0.2, 0.25) is 5.02 Å². The van der Waals surface area contributed by atoms with Crippen LogP contribution < -0.4 is 15.1 Å². The third kappa shape index (κ3) is 4.62. The average Bonchev–Trinajstić information content (AvgIpc) is 3.42. The lowest BCUT2D eigenvalue weighted by Crippen LogP contribution is -2.64. The van der Waals surface area contributed by atoms with Crippen LogP contribution in [0.1, 0.15) is 59.3 Å². The quantitative estimate of drug-likeness (QED) is 0.461. The van der Waals surface area contributed by atoms with E-state index in [1.165, 1.54) is 6.07 Å². The first-order valence-electron chi connectivity index (χ1n) is 13.6. The minimum atomic E-state index is -2.87.